The standard InChI is InChI=1S/C14H16N2OS2/c1-10-3-5-12(6-4-10)18-8-7-13(17)16-14-15-11(2)9-19-14/h3-6,9H,7-8H2,1-2H3,(H,15,16,17). The van der Waals surface area contributed by atoms with E-state index in [2.05, 4.69) is 41.5 Å². The molecule has 0 fully saturated rings. The van der Waals surface area contributed by atoms with Crippen molar-refractivity contribution in [2.75, 3.05) is 11.1 Å². The first-order valence-electron chi connectivity index (χ1n) is 6.05. The lowest BCUT2D eigenvalue weighted by Crippen LogP contribution is -2.11. The molecular weight excluding hydrogens is 276 g/mol. The van der Waals surface area contributed by atoms with Crippen molar-refractivity contribution < 1.29 is 4.79 Å². The molecule has 0 atom stereocenters. The Labute approximate surface area is 121 Å². The molecule has 0 bridgehead atoms. The first-order valence-corrected chi connectivity index (χ1v) is 7.91. The predicted molar refractivity (Wildman–Crippen MR) is 82.0 cm³/mol. The van der Waals surface area contributed by atoms with Crippen LogP contribution in [0.1, 0.15) is 17.7 Å². The summed E-state index contributed by atoms with van der Waals surface area (Å²) in [5, 5.41) is 5.42. The first kappa shape index (κ1) is 14.1. The van der Waals surface area contributed by atoms with Crippen LogP contribution in [0.2, 0.25) is 0 Å². The molecule has 19 heavy (non-hydrogen) atoms. The first-order chi connectivity index (χ1) is 9.13. The van der Waals surface area contributed by atoms with Gasteiger partial charge in [0.15, 0.2) is 5.13 Å². The van der Waals surface area contributed by atoms with Gasteiger partial charge in [0.25, 0.3) is 0 Å². The Morgan fingerprint density at radius 3 is 2.68 bits per heavy atom. The maximum atomic E-state index is 11.7. The molecule has 0 spiro atoms. The number of rotatable bonds is 5. The molecule has 0 aliphatic heterocycles. The quantitative estimate of drug-likeness (QED) is 0.850. The van der Waals surface area contributed by atoms with Crippen molar-refractivity contribution >= 4 is 34.1 Å². The summed E-state index contributed by atoms with van der Waals surface area (Å²) in [7, 11) is 0. The normalized spacial score (nSPS) is 10.4. The van der Waals surface area contributed by atoms with Gasteiger partial charge >= 0.3 is 0 Å². The van der Waals surface area contributed by atoms with Gasteiger partial charge in [0.05, 0.1) is 5.69 Å². The summed E-state index contributed by atoms with van der Waals surface area (Å²) >= 11 is 3.15. The highest BCUT2D eigenvalue weighted by molar-refractivity contribution is 7.99. The van der Waals surface area contributed by atoms with Crippen LogP contribution in [0.15, 0.2) is 34.5 Å². The van der Waals surface area contributed by atoms with Gasteiger partial charge in [0.2, 0.25) is 5.91 Å². The van der Waals surface area contributed by atoms with E-state index >= 15 is 0 Å². The zero-order chi connectivity index (χ0) is 13.7. The van der Waals surface area contributed by atoms with Gasteiger partial charge in [-0.15, -0.1) is 23.1 Å². The SMILES string of the molecule is Cc1ccc(SCCC(=O)Nc2nc(C)cs2)cc1. The van der Waals surface area contributed by atoms with Crippen molar-refractivity contribution in [3.05, 3.63) is 40.9 Å². The number of thioether (sulfide) groups is 1. The van der Waals surface area contributed by atoms with Crippen molar-refractivity contribution in [1.29, 1.82) is 0 Å². The van der Waals surface area contributed by atoms with Gasteiger partial charge in [-0.1, -0.05) is 17.7 Å². The molecule has 100 valence electrons. The molecule has 5 heteroatoms. The van der Waals surface area contributed by atoms with E-state index in [1.165, 1.54) is 21.8 Å². The molecule has 0 saturated carbocycles. The number of benzene rings is 1. The van der Waals surface area contributed by atoms with Crippen LogP contribution in [0, 0.1) is 13.8 Å². The molecule has 0 unspecified atom stereocenters. The Balaban J connectivity index is 1.73. The smallest absolute Gasteiger partial charge is 0.226 e. The number of amides is 1. The summed E-state index contributed by atoms with van der Waals surface area (Å²) in [6, 6.07) is 8.34. The molecule has 0 aliphatic carbocycles. The number of nitrogens with one attached hydrogen (secondary N) is 1. The Bertz CT molecular complexity index is 549. The van der Waals surface area contributed by atoms with Gasteiger partial charge in [0, 0.05) is 22.4 Å². The molecule has 1 aromatic carbocycles. The van der Waals surface area contributed by atoms with Crippen molar-refractivity contribution in [2.24, 2.45) is 0 Å². The van der Waals surface area contributed by atoms with Crippen LogP contribution in [0.4, 0.5) is 5.13 Å². The second kappa shape index (κ2) is 6.73. The Kier molecular flexibility index (Phi) is 4.99. The number of anilines is 1. The molecule has 1 N–H and O–H groups in total. The van der Waals surface area contributed by atoms with Crippen molar-refractivity contribution in [2.45, 2.75) is 25.2 Å². The van der Waals surface area contributed by atoms with Gasteiger partial charge in [-0.2, -0.15) is 0 Å². The van der Waals surface area contributed by atoms with Crippen LogP contribution in [0.25, 0.3) is 0 Å². The summed E-state index contributed by atoms with van der Waals surface area (Å²) in [6.07, 6.45) is 0.497. The monoisotopic (exact) mass is 292 g/mol. The van der Waals surface area contributed by atoms with E-state index in [9.17, 15) is 4.79 Å². The minimum atomic E-state index is 0.0222. The second-order valence-corrected chi connectivity index (χ2v) is 6.28. The Morgan fingerprint density at radius 2 is 2.05 bits per heavy atom. The maximum absolute atomic E-state index is 11.7. The van der Waals surface area contributed by atoms with Crippen molar-refractivity contribution in [1.82, 2.24) is 4.98 Å². The molecule has 1 amide bonds. The van der Waals surface area contributed by atoms with Crippen molar-refractivity contribution in [3.63, 3.8) is 0 Å². The number of nitrogens with zero attached hydrogens (tertiary/aromatic N) is 1. The third kappa shape index (κ3) is 4.69. The molecule has 2 rings (SSSR count). The molecule has 0 aliphatic rings. The molecule has 1 heterocycles. The van der Waals surface area contributed by atoms with E-state index in [4.69, 9.17) is 0 Å². The van der Waals surface area contributed by atoms with E-state index in [0.29, 0.717) is 11.6 Å². The van der Waals surface area contributed by atoms with Crippen LogP contribution < -0.4 is 5.32 Å². The van der Waals surface area contributed by atoms with Crippen LogP contribution >= 0.6 is 23.1 Å². The predicted octanol–water partition coefficient (Wildman–Crippen LogP) is 3.88. The minimum absolute atomic E-state index is 0.0222. The Hall–Kier alpha value is -1.33. The molecule has 1 aromatic heterocycles. The van der Waals surface area contributed by atoms with Crippen LogP contribution in [0.5, 0.6) is 0 Å². The zero-order valence-corrected chi connectivity index (χ0v) is 12.6. The minimum Gasteiger partial charge on any atom is -0.302 e. The lowest BCUT2D eigenvalue weighted by molar-refractivity contribution is -0.115. The summed E-state index contributed by atoms with van der Waals surface area (Å²) in [5.74, 6) is 0.799. The largest absolute Gasteiger partial charge is 0.302 e. The van der Waals surface area contributed by atoms with Crippen LogP contribution in [0.3, 0.4) is 0 Å². The van der Waals surface area contributed by atoms with Crippen molar-refractivity contribution in [3.8, 4) is 0 Å². The van der Waals surface area contributed by atoms with E-state index < -0.39 is 0 Å². The number of thiazole rings is 1. The fraction of sp³-hybridized carbons (Fsp3) is 0.286. The lowest BCUT2D eigenvalue weighted by atomic mass is 10.2. The average molecular weight is 292 g/mol. The summed E-state index contributed by atoms with van der Waals surface area (Å²) in [4.78, 5) is 17.1. The van der Waals surface area contributed by atoms with Gasteiger partial charge < -0.3 is 5.32 Å². The summed E-state index contributed by atoms with van der Waals surface area (Å²) < 4.78 is 0. The van der Waals surface area contributed by atoms with E-state index in [1.807, 2.05) is 12.3 Å². The van der Waals surface area contributed by atoms with E-state index in [-0.39, 0.29) is 5.91 Å². The molecule has 0 saturated heterocycles. The number of aromatic nitrogens is 1. The topological polar surface area (TPSA) is 42.0 Å². The Morgan fingerprint density at radius 1 is 1.32 bits per heavy atom. The van der Waals surface area contributed by atoms with Crippen LogP contribution in [-0.2, 0) is 4.79 Å². The zero-order valence-electron chi connectivity index (χ0n) is 11.0. The van der Waals surface area contributed by atoms with Gasteiger partial charge in [-0.05, 0) is 26.0 Å². The highest BCUT2D eigenvalue weighted by atomic mass is 32.2. The third-order valence-corrected chi connectivity index (χ3v) is 4.37. The van der Waals surface area contributed by atoms with Gasteiger partial charge in [-0.3, -0.25) is 4.79 Å². The summed E-state index contributed by atoms with van der Waals surface area (Å²) in [5.41, 5.74) is 2.19. The molecule has 0 radical (unpaired) electrons. The van der Waals surface area contributed by atoms with E-state index in [1.54, 1.807) is 11.8 Å². The fourth-order valence-corrected chi connectivity index (χ4v) is 3.05. The maximum Gasteiger partial charge on any atom is 0.226 e. The fourth-order valence-electron chi connectivity index (χ4n) is 1.49. The summed E-state index contributed by atoms with van der Waals surface area (Å²) in [6.45, 7) is 3.98. The lowest BCUT2D eigenvalue weighted by Gasteiger charge is -2.03. The van der Waals surface area contributed by atoms with Crippen LogP contribution in [-0.4, -0.2) is 16.6 Å². The number of carbonyl (C=O) groups excluding carboxylic acids is 1. The van der Waals surface area contributed by atoms with Gasteiger partial charge in [0.1, 0.15) is 0 Å². The van der Waals surface area contributed by atoms with Gasteiger partial charge in [-0.25, -0.2) is 4.98 Å². The number of carbonyl (C=O) groups is 1. The highest BCUT2D eigenvalue weighted by Crippen LogP contribution is 2.20. The molecular formula is C14H16N2OS2. The second-order valence-electron chi connectivity index (χ2n) is 4.25. The molecule has 3 nitrogen and oxygen atoms in total. The highest BCUT2D eigenvalue weighted by Gasteiger charge is 2.05. The van der Waals surface area contributed by atoms with E-state index in [0.717, 1.165) is 11.4 Å². The number of aryl methyl sites for hydroxylation is 2. The molecule has 2 aromatic rings. The number of hydrogen-bond acceptors (Lipinski definition) is 4. The third-order valence-electron chi connectivity index (χ3n) is 2.48. The average Bonchev–Trinajstić information content (AvgIpc) is 2.77. The number of hydrogen-bond donors (Lipinski definition) is 1.